The van der Waals surface area contributed by atoms with Gasteiger partial charge in [0.15, 0.2) is 0 Å². The first kappa shape index (κ1) is 23.5. The molecule has 0 amide bonds. The minimum Gasteiger partial charge on any atom is -0.493 e. The van der Waals surface area contributed by atoms with Crippen molar-refractivity contribution in [2.45, 2.75) is 25.2 Å². The first-order chi connectivity index (χ1) is 16.3. The number of fused-ring (bicyclic) bond motifs is 2. The van der Waals surface area contributed by atoms with Gasteiger partial charge in [0.1, 0.15) is 11.5 Å². The molecule has 4 rings (SSSR count). The molecule has 0 fully saturated rings. The molecule has 0 saturated carbocycles. The number of rotatable bonds is 8. The molecule has 0 saturated heterocycles. The lowest BCUT2D eigenvalue weighted by atomic mass is 9.93. The molecule has 0 bridgehead atoms. The Hall–Kier alpha value is -3.69. The predicted octanol–water partition coefficient (Wildman–Crippen LogP) is 5.54. The maximum absolute atomic E-state index is 12.4. The van der Waals surface area contributed by atoms with E-state index in [1.54, 1.807) is 24.3 Å². The smallest absolute Gasteiger partial charge is 0.294 e. The van der Waals surface area contributed by atoms with Gasteiger partial charge in [-0.25, -0.2) is 0 Å². The molecular formula is C25H23NO7S. The molecule has 1 N–H and O–H groups in total. The number of ether oxygens (including phenoxy) is 2. The van der Waals surface area contributed by atoms with Gasteiger partial charge in [0.25, 0.3) is 15.8 Å². The maximum Gasteiger partial charge on any atom is 0.294 e. The Kier molecular flexibility index (Phi) is 6.41. The SMILES string of the molecule is CCOc1c2ccccc2c(OCC)c2c(Cc3ccccc3[N+](=O)[O-])c(S(=O)(=O)O)ccc12. The van der Waals surface area contributed by atoms with Crippen LogP contribution < -0.4 is 9.47 Å². The Morgan fingerprint density at radius 2 is 1.44 bits per heavy atom. The summed E-state index contributed by atoms with van der Waals surface area (Å²) in [5.74, 6) is 0.970. The number of nitro benzene ring substituents is 1. The van der Waals surface area contributed by atoms with E-state index in [1.807, 2.05) is 38.1 Å². The third kappa shape index (κ3) is 4.15. The van der Waals surface area contributed by atoms with Crippen molar-refractivity contribution >= 4 is 37.4 Å². The van der Waals surface area contributed by atoms with E-state index in [1.165, 1.54) is 12.1 Å². The molecule has 0 atom stereocenters. The van der Waals surface area contributed by atoms with Gasteiger partial charge in [-0.3, -0.25) is 14.7 Å². The fourth-order valence-electron chi connectivity index (χ4n) is 4.28. The maximum atomic E-state index is 12.4. The second-order valence-corrected chi connectivity index (χ2v) is 8.96. The standard InChI is InChI=1S/C25H23NO7S/c1-3-32-24-17-10-6-7-11-18(17)25(33-4-2)23-19(24)13-14-22(34(29,30)31)20(23)15-16-9-5-8-12-21(16)26(27)28/h5-14H,3-4,15H2,1-2H3,(H,29,30,31). The summed E-state index contributed by atoms with van der Waals surface area (Å²) in [7, 11) is -4.65. The van der Waals surface area contributed by atoms with Gasteiger partial charge < -0.3 is 9.47 Å². The topological polar surface area (TPSA) is 116 Å². The summed E-state index contributed by atoms with van der Waals surface area (Å²) in [6.07, 6.45) is -0.117. The minimum absolute atomic E-state index is 0.117. The fourth-order valence-corrected chi connectivity index (χ4v) is 5.00. The van der Waals surface area contributed by atoms with Crippen molar-refractivity contribution in [2.75, 3.05) is 13.2 Å². The number of benzene rings is 4. The summed E-state index contributed by atoms with van der Waals surface area (Å²) < 4.78 is 46.9. The van der Waals surface area contributed by atoms with E-state index in [-0.39, 0.29) is 22.6 Å². The lowest BCUT2D eigenvalue weighted by Gasteiger charge is -2.20. The molecule has 8 nitrogen and oxygen atoms in total. The zero-order valence-corrected chi connectivity index (χ0v) is 19.5. The van der Waals surface area contributed by atoms with E-state index in [2.05, 4.69) is 0 Å². The molecule has 9 heteroatoms. The molecule has 176 valence electrons. The Balaban J connectivity index is 2.20. The van der Waals surface area contributed by atoms with Gasteiger partial charge in [0.05, 0.1) is 23.0 Å². The number of hydrogen-bond acceptors (Lipinski definition) is 6. The van der Waals surface area contributed by atoms with Crippen LogP contribution in [0.25, 0.3) is 21.5 Å². The van der Waals surface area contributed by atoms with Crippen LogP contribution in [0.2, 0.25) is 0 Å². The molecular weight excluding hydrogens is 458 g/mol. The second kappa shape index (κ2) is 9.28. The van der Waals surface area contributed by atoms with Crippen molar-refractivity contribution in [3.05, 3.63) is 81.9 Å². The Morgan fingerprint density at radius 3 is 2.06 bits per heavy atom. The highest BCUT2D eigenvalue weighted by Crippen LogP contribution is 2.46. The summed E-state index contributed by atoms with van der Waals surface area (Å²) in [6.45, 7) is 4.32. The van der Waals surface area contributed by atoms with E-state index in [0.717, 1.165) is 5.39 Å². The fraction of sp³-hybridized carbons (Fsp3) is 0.200. The molecule has 0 aliphatic carbocycles. The summed E-state index contributed by atoms with van der Waals surface area (Å²) >= 11 is 0. The molecule has 0 aliphatic rings. The van der Waals surface area contributed by atoms with Crippen LogP contribution in [0.4, 0.5) is 5.69 Å². The monoisotopic (exact) mass is 481 g/mol. The third-order valence-electron chi connectivity index (χ3n) is 5.57. The van der Waals surface area contributed by atoms with Gasteiger partial charge in [-0.15, -0.1) is 0 Å². The third-order valence-corrected chi connectivity index (χ3v) is 6.51. The Labute approximate surface area is 196 Å². The van der Waals surface area contributed by atoms with E-state index in [0.29, 0.717) is 46.4 Å². The average molecular weight is 482 g/mol. The van der Waals surface area contributed by atoms with Gasteiger partial charge in [-0.2, -0.15) is 8.42 Å². The predicted molar refractivity (Wildman–Crippen MR) is 130 cm³/mol. The van der Waals surface area contributed by atoms with Crippen LogP contribution in [0.3, 0.4) is 0 Å². The molecule has 0 heterocycles. The molecule has 0 radical (unpaired) electrons. The highest BCUT2D eigenvalue weighted by Gasteiger charge is 2.26. The van der Waals surface area contributed by atoms with Gasteiger partial charge >= 0.3 is 0 Å². The van der Waals surface area contributed by atoms with E-state index in [9.17, 15) is 23.1 Å². The van der Waals surface area contributed by atoms with Crippen molar-refractivity contribution in [1.29, 1.82) is 0 Å². The van der Waals surface area contributed by atoms with Crippen LogP contribution in [0.15, 0.2) is 65.6 Å². The molecule has 4 aromatic rings. The molecule has 0 spiro atoms. The Bertz CT molecular complexity index is 1510. The zero-order chi connectivity index (χ0) is 24.5. The van der Waals surface area contributed by atoms with E-state index >= 15 is 0 Å². The number of nitro groups is 1. The number of para-hydroxylation sites is 1. The van der Waals surface area contributed by atoms with Crippen LogP contribution in [0.1, 0.15) is 25.0 Å². The molecule has 0 aromatic heterocycles. The van der Waals surface area contributed by atoms with Gasteiger partial charge in [0, 0.05) is 39.6 Å². The Morgan fingerprint density at radius 1 is 0.853 bits per heavy atom. The van der Waals surface area contributed by atoms with Crippen LogP contribution in [0, 0.1) is 10.1 Å². The van der Waals surface area contributed by atoms with Crippen LogP contribution in [-0.4, -0.2) is 31.1 Å². The van der Waals surface area contributed by atoms with Crippen LogP contribution in [0.5, 0.6) is 11.5 Å². The average Bonchev–Trinajstić information content (AvgIpc) is 2.80. The molecule has 0 aliphatic heterocycles. The lowest BCUT2D eigenvalue weighted by Crippen LogP contribution is -2.08. The molecule has 0 unspecified atom stereocenters. The normalized spacial score (nSPS) is 11.6. The van der Waals surface area contributed by atoms with Crippen molar-refractivity contribution in [3.63, 3.8) is 0 Å². The van der Waals surface area contributed by atoms with Crippen molar-refractivity contribution in [2.24, 2.45) is 0 Å². The summed E-state index contributed by atoms with van der Waals surface area (Å²) in [5, 5.41) is 14.1. The highest BCUT2D eigenvalue weighted by atomic mass is 32.2. The van der Waals surface area contributed by atoms with Gasteiger partial charge in [-0.1, -0.05) is 42.5 Å². The summed E-state index contributed by atoms with van der Waals surface area (Å²) in [4.78, 5) is 10.8. The van der Waals surface area contributed by atoms with Crippen LogP contribution in [-0.2, 0) is 16.5 Å². The number of nitrogens with zero attached hydrogens (tertiary/aromatic N) is 1. The molecule has 4 aromatic carbocycles. The van der Waals surface area contributed by atoms with Crippen LogP contribution >= 0.6 is 0 Å². The van der Waals surface area contributed by atoms with E-state index < -0.39 is 15.0 Å². The minimum atomic E-state index is -4.65. The zero-order valence-electron chi connectivity index (χ0n) is 18.6. The second-order valence-electron chi connectivity index (χ2n) is 7.57. The largest absolute Gasteiger partial charge is 0.493 e. The summed E-state index contributed by atoms with van der Waals surface area (Å²) in [5.41, 5.74) is 0.354. The van der Waals surface area contributed by atoms with Gasteiger partial charge in [0.2, 0.25) is 0 Å². The van der Waals surface area contributed by atoms with E-state index in [4.69, 9.17) is 9.47 Å². The number of hydrogen-bond donors (Lipinski definition) is 1. The first-order valence-electron chi connectivity index (χ1n) is 10.7. The first-order valence-corrected chi connectivity index (χ1v) is 12.2. The van der Waals surface area contributed by atoms with Crippen molar-refractivity contribution in [3.8, 4) is 11.5 Å². The van der Waals surface area contributed by atoms with Gasteiger partial charge in [-0.05, 0) is 31.5 Å². The summed E-state index contributed by atoms with van der Waals surface area (Å²) in [6, 6.07) is 16.4. The van der Waals surface area contributed by atoms with Crippen molar-refractivity contribution in [1.82, 2.24) is 0 Å². The lowest BCUT2D eigenvalue weighted by molar-refractivity contribution is -0.385. The van der Waals surface area contributed by atoms with Crippen molar-refractivity contribution < 1.29 is 27.4 Å². The quantitative estimate of drug-likeness (QED) is 0.152. The highest BCUT2D eigenvalue weighted by molar-refractivity contribution is 7.85. The molecule has 34 heavy (non-hydrogen) atoms.